The molecule has 170 valence electrons. The maximum absolute atomic E-state index is 10.9. The van der Waals surface area contributed by atoms with Crippen LogP contribution in [0.25, 0.3) is 0 Å². The predicted octanol–water partition coefficient (Wildman–Crippen LogP) is 4.31. The lowest BCUT2D eigenvalue weighted by Gasteiger charge is -2.20. The van der Waals surface area contributed by atoms with Crippen LogP contribution in [0.5, 0.6) is 0 Å². The zero-order valence-electron chi connectivity index (χ0n) is 17.9. The quantitative estimate of drug-likeness (QED) is 0.143. The summed E-state index contributed by atoms with van der Waals surface area (Å²) in [6.07, 6.45) is 21.1. The summed E-state index contributed by atoms with van der Waals surface area (Å²) in [6.45, 7) is 2.11. The second-order valence-electron chi connectivity index (χ2n) is 7.00. The van der Waals surface area contributed by atoms with Crippen molar-refractivity contribution >= 4 is 23.7 Å². The highest BCUT2D eigenvalue weighted by Gasteiger charge is 2.20. The molecule has 0 rings (SSSR count). The van der Waals surface area contributed by atoms with Crippen LogP contribution in [0, 0.1) is 0 Å². The Morgan fingerprint density at radius 2 is 1.73 bits per heavy atom. The standard InChI is InChI=1S/C23H37NO5S/c1-2-3-12-15-20(25)21(30-18-19(24)23(28)29)16-13-10-8-6-4-5-7-9-11-14-17-22(26)27/h4,6-10,13,16,19-21,25H,2-3,5,11-12,14-15,17-18,24H2,1H3,(H,26,27)(H,28,29)/b6-4-,9-7-,10-8+,16-13+/t19-,20-,21+/m0/s1. The minimum absolute atomic E-state index is 0.198. The van der Waals surface area contributed by atoms with E-state index >= 15 is 0 Å². The van der Waals surface area contributed by atoms with Crippen molar-refractivity contribution in [2.24, 2.45) is 5.73 Å². The molecule has 30 heavy (non-hydrogen) atoms. The smallest absolute Gasteiger partial charge is 0.321 e. The van der Waals surface area contributed by atoms with Crippen molar-refractivity contribution in [3.8, 4) is 0 Å². The lowest BCUT2D eigenvalue weighted by Crippen LogP contribution is -2.34. The zero-order valence-corrected chi connectivity index (χ0v) is 18.7. The SMILES string of the molecule is CCCCC[C@H](O)[C@@H](/C=C/C=C/C=C\C/C=C\CCCC(=O)O)SC[C@H](N)C(=O)O. The molecule has 0 aromatic heterocycles. The highest BCUT2D eigenvalue weighted by atomic mass is 32.2. The van der Waals surface area contributed by atoms with E-state index in [0.29, 0.717) is 12.8 Å². The summed E-state index contributed by atoms with van der Waals surface area (Å²) in [4.78, 5) is 21.3. The summed E-state index contributed by atoms with van der Waals surface area (Å²) in [5, 5.41) is 27.7. The average Bonchev–Trinajstić information content (AvgIpc) is 2.70. The van der Waals surface area contributed by atoms with Gasteiger partial charge in [-0.25, -0.2) is 0 Å². The third-order valence-corrected chi connectivity index (χ3v) is 5.65. The van der Waals surface area contributed by atoms with Gasteiger partial charge in [-0.1, -0.05) is 74.8 Å². The second-order valence-corrected chi connectivity index (χ2v) is 8.21. The number of rotatable bonds is 18. The van der Waals surface area contributed by atoms with E-state index in [2.05, 4.69) is 6.92 Å². The number of nitrogens with two attached hydrogens (primary N) is 1. The maximum atomic E-state index is 10.9. The minimum atomic E-state index is -1.04. The van der Waals surface area contributed by atoms with E-state index in [1.807, 2.05) is 48.6 Å². The number of hydrogen-bond acceptors (Lipinski definition) is 5. The largest absolute Gasteiger partial charge is 0.481 e. The first-order valence-electron chi connectivity index (χ1n) is 10.5. The molecular weight excluding hydrogens is 402 g/mol. The molecule has 0 aliphatic heterocycles. The lowest BCUT2D eigenvalue weighted by molar-refractivity contribution is -0.138. The number of carbonyl (C=O) groups is 2. The van der Waals surface area contributed by atoms with Crippen molar-refractivity contribution in [1.29, 1.82) is 0 Å². The van der Waals surface area contributed by atoms with E-state index < -0.39 is 24.1 Å². The lowest BCUT2D eigenvalue weighted by atomic mass is 10.1. The van der Waals surface area contributed by atoms with Crippen LogP contribution in [0.1, 0.15) is 58.3 Å². The molecule has 6 nitrogen and oxygen atoms in total. The zero-order chi connectivity index (χ0) is 22.6. The van der Waals surface area contributed by atoms with Gasteiger partial charge in [-0.15, -0.1) is 11.8 Å². The van der Waals surface area contributed by atoms with Crippen molar-refractivity contribution in [3.63, 3.8) is 0 Å². The van der Waals surface area contributed by atoms with Crippen molar-refractivity contribution in [2.45, 2.75) is 75.7 Å². The number of carboxylic acids is 2. The van der Waals surface area contributed by atoms with Gasteiger partial charge in [-0.3, -0.25) is 9.59 Å². The van der Waals surface area contributed by atoms with Crippen LogP contribution >= 0.6 is 11.8 Å². The first-order valence-corrected chi connectivity index (χ1v) is 11.6. The van der Waals surface area contributed by atoms with Gasteiger partial charge in [0.2, 0.25) is 0 Å². The molecular formula is C23H37NO5S. The fourth-order valence-corrected chi connectivity index (χ4v) is 3.60. The maximum Gasteiger partial charge on any atom is 0.321 e. The molecule has 0 saturated heterocycles. The van der Waals surface area contributed by atoms with E-state index in [9.17, 15) is 14.7 Å². The summed E-state index contributed by atoms with van der Waals surface area (Å²) in [7, 11) is 0. The van der Waals surface area contributed by atoms with Gasteiger partial charge in [-0.05, 0) is 25.7 Å². The molecule has 0 aliphatic carbocycles. The Kier molecular flexibility index (Phi) is 18.0. The van der Waals surface area contributed by atoms with Crippen LogP contribution in [-0.4, -0.2) is 50.4 Å². The molecule has 3 atom stereocenters. The molecule has 0 saturated carbocycles. The van der Waals surface area contributed by atoms with Crippen molar-refractivity contribution in [1.82, 2.24) is 0 Å². The first kappa shape index (κ1) is 28.2. The Morgan fingerprint density at radius 1 is 1.00 bits per heavy atom. The normalized spacial score (nSPS) is 15.4. The van der Waals surface area contributed by atoms with Gasteiger partial charge in [0.15, 0.2) is 0 Å². The van der Waals surface area contributed by atoms with Crippen molar-refractivity contribution in [2.75, 3.05) is 5.75 Å². The van der Waals surface area contributed by atoms with E-state index in [-0.39, 0.29) is 17.4 Å². The number of aliphatic hydroxyl groups excluding tert-OH is 1. The molecule has 0 aromatic rings. The van der Waals surface area contributed by atoms with Gasteiger partial charge in [-0.2, -0.15) is 0 Å². The molecule has 7 heteroatoms. The summed E-state index contributed by atoms with van der Waals surface area (Å²) in [5.41, 5.74) is 5.58. The summed E-state index contributed by atoms with van der Waals surface area (Å²) in [6, 6.07) is -0.940. The monoisotopic (exact) mass is 439 g/mol. The summed E-state index contributed by atoms with van der Waals surface area (Å²) >= 11 is 1.37. The topological polar surface area (TPSA) is 121 Å². The average molecular weight is 440 g/mol. The molecule has 0 radical (unpaired) electrons. The molecule has 5 N–H and O–H groups in total. The van der Waals surface area contributed by atoms with Gasteiger partial charge in [0, 0.05) is 17.4 Å². The number of thioether (sulfide) groups is 1. The number of hydrogen-bond donors (Lipinski definition) is 4. The molecule has 0 amide bonds. The summed E-state index contributed by atoms with van der Waals surface area (Å²) in [5.74, 6) is -1.55. The van der Waals surface area contributed by atoms with Gasteiger partial charge in [0.25, 0.3) is 0 Å². The van der Waals surface area contributed by atoms with Crippen molar-refractivity contribution < 1.29 is 24.9 Å². The Hall–Kier alpha value is -1.83. The highest BCUT2D eigenvalue weighted by Crippen LogP contribution is 2.21. The van der Waals surface area contributed by atoms with E-state index in [0.717, 1.165) is 32.1 Å². The Bertz CT molecular complexity index is 586. The molecule has 0 aromatic carbocycles. The van der Waals surface area contributed by atoms with Crippen molar-refractivity contribution in [3.05, 3.63) is 48.6 Å². The molecule has 0 heterocycles. The van der Waals surface area contributed by atoms with Crippen LogP contribution in [0.3, 0.4) is 0 Å². The van der Waals surface area contributed by atoms with E-state index in [4.69, 9.17) is 15.9 Å². The fourth-order valence-electron chi connectivity index (χ4n) is 2.47. The number of carboxylic acid groups (broad SMARTS) is 2. The van der Waals surface area contributed by atoms with Gasteiger partial charge in [0.1, 0.15) is 6.04 Å². The van der Waals surface area contributed by atoms with Gasteiger partial charge >= 0.3 is 11.9 Å². The Labute approximate surface area is 184 Å². The predicted molar refractivity (Wildman–Crippen MR) is 125 cm³/mol. The van der Waals surface area contributed by atoms with E-state index in [1.165, 1.54) is 11.8 Å². The number of allylic oxidation sites excluding steroid dienone is 7. The Morgan fingerprint density at radius 3 is 2.40 bits per heavy atom. The molecule has 0 spiro atoms. The molecule has 0 aliphatic rings. The third kappa shape index (κ3) is 17.1. The fraction of sp³-hybridized carbons (Fsp3) is 0.565. The number of unbranched alkanes of at least 4 members (excludes halogenated alkanes) is 3. The van der Waals surface area contributed by atoms with Gasteiger partial charge in [0.05, 0.1) is 6.10 Å². The number of aliphatic hydroxyl groups is 1. The number of aliphatic carboxylic acids is 2. The van der Waals surface area contributed by atoms with Crippen LogP contribution in [0.2, 0.25) is 0 Å². The molecule has 0 fully saturated rings. The van der Waals surface area contributed by atoms with Crippen LogP contribution in [0.15, 0.2) is 48.6 Å². The minimum Gasteiger partial charge on any atom is -0.481 e. The van der Waals surface area contributed by atoms with E-state index in [1.54, 1.807) is 0 Å². The molecule has 0 bridgehead atoms. The first-order chi connectivity index (χ1) is 14.4. The Balaban J connectivity index is 4.42. The van der Waals surface area contributed by atoms with Crippen LogP contribution < -0.4 is 5.73 Å². The summed E-state index contributed by atoms with van der Waals surface area (Å²) < 4.78 is 0. The second kappa shape index (κ2) is 19.2. The van der Waals surface area contributed by atoms with Crippen LogP contribution in [0.4, 0.5) is 0 Å². The third-order valence-electron chi connectivity index (χ3n) is 4.24. The molecule has 0 unspecified atom stereocenters. The van der Waals surface area contributed by atoms with Gasteiger partial charge < -0.3 is 21.1 Å². The highest BCUT2D eigenvalue weighted by molar-refractivity contribution is 8.00. The van der Waals surface area contributed by atoms with Crippen LogP contribution in [-0.2, 0) is 9.59 Å².